The first-order chi connectivity index (χ1) is 29.3. The monoisotopic (exact) mass is 912 g/mol. The van der Waals surface area contributed by atoms with Gasteiger partial charge in [-0.1, -0.05) is 0 Å². The first-order valence-corrected chi connectivity index (χ1v) is 21.9. The molecule has 326 valence electrons. The molecule has 1 aromatic heterocycles. The second-order valence-electron chi connectivity index (χ2n) is 12.6. The number of hydrogen-bond acceptors (Lipinski definition) is 19. The van der Waals surface area contributed by atoms with E-state index in [1.807, 2.05) is 6.07 Å². The lowest BCUT2D eigenvalue weighted by molar-refractivity contribution is 0.198. The Kier molecular flexibility index (Phi) is 14.5. The molecule has 7 N–H and O–H groups in total. The van der Waals surface area contributed by atoms with Crippen LogP contribution in [0.15, 0.2) is 108 Å². The van der Waals surface area contributed by atoms with E-state index in [4.69, 9.17) is 14.2 Å². The number of hydrogen-bond donors (Lipinski definition) is 7. The van der Waals surface area contributed by atoms with Crippen molar-refractivity contribution < 1.29 is 63.3 Å². The minimum Gasteiger partial charge on any atom is -0.494 e. The molecule has 25 heteroatoms. The number of pyridine rings is 1. The number of aliphatic hydroxyl groups is 2. The Morgan fingerprint density at radius 3 is 1.52 bits per heavy atom. The van der Waals surface area contributed by atoms with Crippen LogP contribution in [0.3, 0.4) is 0 Å². The standard InChI is InChI=1S/C37H36N8O14S3/c1-21-16-28(31(57-3)19-34(21)62(54,55)56)42-43-29-17-33(59-15-13-47)30(18-32(29)58-14-12-46)44-45-35-22(2)27(20-38)36(39-23-4-8-25(9-5-23)60(48,49)50)41-37(35)40-24-6-10-26(11-7-24)61(51,52)53/h4-11,16-19,46-47H,12-15H2,1-3H3,(H2,39,40,41)(H,48,49,50)(H,51,52,53)(H,54,55,56). The normalized spacial score (nSPS) is 12.0. The number of benzene rings is 4. The van der Waals surface area contributed by atoms with Crippen LogP contribution in [-0.2, 0) is 30.4 Å². The predicted molar refractivity (Wildman–Crippen MR) is 220 cm³/mol. The number of rotatable bonds is 18. The fourth-order valence-electron chi connectivity index (χ4n) is 5.45. The second-order valence-corrected chi connectivity index (χ2v) is 16.8. The van der Waals surface area contributed by atoms with Crippen LogP contribution in [0, 0.1) is 25.2 Å². The van der Waals surface area contributed by atoms with Crippen molar-refractivity contribution in [2.45, 2.75) is 28.5 Å². The molecule has 22 nitrogen and oxygen atoms in total. The van der Waals surface area contributed by atoms with Crippen molar-refractivity contribution in [3.8, 4) is 23.3 Å². The Labute approximate surface area is 354 Å². The minimum atomic E-state index is -4.60. The van der Waals surface area contributed by atoms with Gasteiger partial charge in [0.2, 0.25) is 0 Å². The maximum absolute atomic E-state index is 11.9. The van der Waals surface area contributed by atoms with Gasteiger partial charge >= 0.3 is 0 Å². The number of nitrogens with one attached hydrogen (secondary N) is 2. The molecule has 62 heavy (non-hydrogen) atoms. The molecule has 4 aromatic carbocycles. The summed E-state index contributed by atoms with van der Waals surface area (Å²) in [6.45, 7) is 1.62. The molecule has 0 radical (unpaired) electrons. The lowest BCUT2D eigenvalue weighted by Gasteiger charge is -2.16. The molecule has 0 saturated carbocycles. The van der Waals surface area contributed by atoms with Crippen molar-refractivity contribution in [1.82, 2.24) is 4.98 Å². The Morgan fingerprint density at radius 2 is 1.10 bits per heavy atom. The lowest BCUT2D eigenvalue weighted by Crippen LogP contribution is -2.05. The molecule has 5 aromatic rings. The Hall–Kier alpha value is -6.63. The predicted octanol–water partition coefficient (Wildman–Crippen LogP) is 6.38. The SMILES string of the molecule is COc1cc(S(=O)(=O)O)c(C)cc1N=Nc1cc(OCCO)c(N=Nc2c(Nc3ccc(S(=O)(=O)O)cc3)nc(Nc3ccc(S(=O)(=O)O)cc3)c(C#N)c2C)cc1OCCO. The van der Waals surface area contributed by atoms with Crippen molar-refractivity contribution in [1.29, 1.82) is 5.26 Å². The first-order valence-electron chi connectivity index (χ1n) is 17.6. The zero-order chi connectivity index (χ0) is 45.4. The summed E-state index contributed by atoms with van der Waals surface area (Å²) in [5.74, 6) is -0.177. The Bertz CT molecular complexity index is 2920. The van der Waals surface area contributed by atoms with E-state index in [0.29, 0.717) is 0 Å². The Morgan fingerprint density at radius 1 is 0.645 bits per heavy atom. The largest absolute Gasteiger partial charge is 0.494 e. The van der Waals surface area contributed by atoms with Crippen LogP contribution in [0.2, 0.25) is 0 Å². The highest BCUT2D eigenvalue weighted by atomic mass is 32.2. The van der Waals surface area contributed by atoms with Crippen molar-refractivity contribution in [3.63, 3.8) is 0 Å². The van der Waals surface area contributed by atoms with Gasteiger partial charge in [0, 0.05) is 35.1 Å². The number of aromatic nitrogens is 1. The van der Waals surface area contributed by atoms with Gasteiger partial charge in [-0.2, -0.15) is 30.5 Å². The fraction of sp³-hybridized carbons (Fsp3) is 0.189. The van der Waals surface area contributed by atoms with Gasteiger partial charge in [-0.05, 0) is 74.0 Å². The van der Waals surface area contributed by atoms with E-state index in [9.17, 15) is 54.4 Å². The first kappa shape index (κ1) is 46.4. The number of aliphatic hydroxyl groups excluding tert-OH is 2. The maximum Gasteiger partial charge on any atom is 0.294 e. The molecule has 0 aliphatic rings. The van der Waals surface area contributed by atoms with Crippen LogP contribution < -0.4 is 24.8 Å². The van der Waals surface area contributed by atoms with Crippen molar-refractivity contribution >= 4 is 76.1 Å². The van der Waals surface area contributed by atoms with E-state index in [-0.39, 0.29) is 97.8 Å². The van der Waals surface area contributed by atoms with E-state index in [1.54, 1.807) is 0 Å². The van der Waals surface area contributed by atoms with Gasteiger partial charge < -0.3 is 35.1 Å². The van der Waals surface area contributed by atoms with E-state index >= 15 is 0 Å². The number of nitrogens with zero attached hydrogens (tertiary/aromatic N) is 6. The molecular weight excluding hydrogens is 877 g/mol. The Balaban J connectivity index is 1.65. The summed E-state index contributed by atoms with van der Waals surface area (Å²) in [5, 5.41) is 52.6. The highest BCUT2D eigenvalue weighted by molar-refractivity contribution is 7.86. The van der Waals surface area contributed by atoms with Crippen LogP contribution in [0.4, 0.5) is 45.8 Å². The molecule has 0 fully saturated rings. The molecule has 0 bridgehead atoms. The molecule has 0 saturated heterocycles. The van der Waals surface area contributed by atoms with Crippen LogP contribution in [-0.4, -0.2) is 87.6 Å². The zero-order valence-corrected chi connectivity index (χ0v) is 35.0. The van der Waals surface area contributed by atoms with Gasteiger partial charge in [-0.25, -0.2) is 4.98 Å². The van der Waals surface area contributed by atoms with Gasteiger partial charge in [0.05, 0.1) is 35.7 Å². The molecule has 0 unspecified atom stereocenters. The highest BCUT2D eigenvalue weighted by Gasteiger charge is 2.22. The van der Waals surface area contributed by atoms with Crippen LogP contribution in [0.1, 0.15) is 16.7 Å². The van der Waals surface area contributed by atoms with Crippen LogP contribution in [0.25, 0.3) is 0 Å². The third-order valence-corrected chi connectivity index (χ3v) is 11.1. The zero-order valence-electron chi connectivity index (χ0n) is 32.6. The summed E-state index contributed by atoms with van der Waals surface area (Å²) in [5.41, 5.74) is 0.804. The smallest absolute Gasteiger partial charge is 0.294 e. The third-order valence-electron chi connectivity index (χ3n) is 8.37. The highest BCUT2D eigenvalue weighted by Crippen LogP contribution is 2.44. The molecule has 0 amide bonds. The summed E-state index contributed by atoms with van der Waals surface area (Å²) >= 11 is 0. The van der Waals surface area contributed by atoms with Gasteiger partial charge in [-0.15, -0.1) is 20.5 Å². The van der Waals surface area contributed by atoms with E-state index in [1.165, 1.54) is 63.4 Å². The number of aryl methyl sites for hydroxylation is 1. The molecule has 1 heterocycles. The van der Waals surface area contributed by atoms with Crippen molar-refractivity contribution in [2.75, 3.05) is 44.2 Å². The number of anilines is 4. The molecule has 0 aliphatic carbocycles. The summed E-state index contributed by atoms with van der Waals surface area (Å²) in [6.07, 6.45) is 0. The van der Waals surface area contributed by atoms with Crippen molar-refractivity contribution in [2.24, 2.45) is 20.5 Å². The van der Waals surface area contributed by atoms with Crippen LogP contribution >= 0.6 is 0 Å². The molecule has 0 aliphatic heterocycles. The molecule has 0 spiro atoms. The average Bonchev–Trinajstić information content (AvgIpc) is 3.21. The van der Waals surface area contributed by atoms with Gasteiger partial charge in [0.25, 0.3) is 30.4 Å². The van der Waals surface area contributed by atoms with Crippen LogP contribution in [0.5, 0.6) is 17.2 Å². The molecule has 0 atom stereocenters. The van der Waals surface area contributed by atoms with E-state index < -0.39 is 53.4 Å². The van der Waals surface area contributed by atoms with E-state index in [2.05, 4.69) is 36.1 Å². The summed E-state index contributed by atoms with van der Waals surface area (Å²) < 4.78 is 115. The summed E-state index contributed by atoms with van der Waals surface area (Å²) in [7, 11) is -12.4. The van der Waals surface area contributed by atoms with Gasteiger partial charge in [0.15, 0.2) is 11.6 Å². The number of azo groups is 2. The van der Waals surface area contributed by atoms with E-state index in [0.717, 1.165) is 30.3 Å². The second kappa shape index (κ2) is 19.4. The van der Waals surface area contributed by atoms with Crippen molar-refractivity contribution in [3.05, 3.63) is 89.5 Å². The number of nitriles is 1. The molecule has 5 rings (SSSR count). The van der Waals surface area contributed by atoms with Gasteiger partial charge in [0.1, 0.15) is 64.2 Å². The minimum absolute atomic E-state index is 0.00394. The average molecular weight is 913 g/mol. The fourth-order valence-corrected chi connectivity index (χ4v) is 7.13. The van der Waals surface area contributed by atoms with Gasteiger partial charge in [-0.3, -0.25) is 13.7 Å². The maximum atomic E-state index is 11.9. The lowest BCUT2D eigenvalue weighted by atomic mass is 10.1. The summed E-state index contributed by atoms with van der Waals surface area (Å²) in [4.78, 5) is 3.36. The number of ether oxygens (including phenoxy) is 3. The molecular formula is C37H36N8O14S3. The third kappa shape index (κ3) is 11.4. The topological polar surface area (TPSA) is 341 Å². The quantitative estimate of drug-likeness (QED) is 0.0370. The summed E-state index contributed by atoms with van der Waals surface area (Å²) in [6, 6.07) is 16.8. The number of methoxy groups -OCH3 is 1.